The summed E-state index contributed by atoms with van der Waals surface area (Å²) in [7, 11) is 0. The molecule has 14 heavy (non-hydrogen) atoms. The summed E-state index contributed by atoms with van der Waals surface area (Å²) in [6.45, 7) is 0. The van der Waals surface area contributed by atoms with Crippen LogP contribution in [0.5, 0.6) is 0 Å². The molecule has 76 valence electrons. The molecule has 1 aliphatic heterocycles. The van der Waals surface area contributed by atoms with Gasteiger partial charge in [0.1, 0.15) is 0 Å². The molecule has 1 aliphatic rings. The van der Waals surface area contributed by atoms with E-state index in [2.05, 4.69) is 0 Å². The maximum atomic E-state index is 12.6. The second kappa shape index (κ2) is 3.50. The maximum absolute atomic E-state index is 12.6. The lowest BCUT2D eigenvalue weighted by atomic mass is 10.0. The number of rotatable bonds is 0. The summed E-state index contributed by atoms with van der Waals surface area (Å²) in [5, 5.41) is 0. The summed E-state index contributed by atoms with van der Waals surface area (Å²) >= 11 is 1.52. The molecule has 0 nitrogen and oxygen atoms in total. The van der Waals surface area contributed by atoms with E-state index < -0.39 is 11.7 Å². The summed E-state index contributed by atoms with van der Waals surface area (Å²) in [6, 6.07) is 4.43. The number of hydrogen-bond donors (Lipinski definition) is 0. The van der Waals surface area contributed by atoms with Crippen LogP contribution in [0.3, 0.4) is 0 Å². The Labute approximate surface area is 84.5 Å². The molecule has 1 aromatic carbocycles. The summed E-state index contributed by atoms with van der Waals surface area (Å²) in [5.74, 6) is 0.925. The van der Waals surface area contributed by atoms with Crippen LogP contribution in [-0.2, 0) is 12.6 Å². The molecule has 1 heterocycles. The minimum atomic E-state index is -4.21. The molecular weight excluding hydrogens is 209 g/mol. The van der Waals surface area contributed by atoms with Crippen molar-refractivity contribution in [3.8, 4) is 0 Å². The normalized spacial score (nSPS) is 16.5. The summed E-state index contributed by atoms with van der Waals surface area (Å²) < 4.78 is 37.7. The van der Waals surface area contributed by atoms with Crippen LogP contribution < -0.4 is 0 Å². The quantitative estimate of drug-likeness (QED) is 0.639. The first-order valence-corrected chi connectivity index (χ1v) is 5.39. The van der Waals surface area contributed by atoms with E-state index in [1.54, 1.807) is 6.07 Å². The minimum absolute atomic E-state index is 0.456. The highest BCUT2D eigenvalue weighted by molar-refractivity contribution is 7.99. The first-order chi connectivity index (χ1) is 6.59. The van der Waals surface area contributed by atoms with Crippen LogP contribution in [0.1, 0.15) is 17.5 Å². The predicted molar refractivity (Wildman–Crippen MR) is 50.5 cm³/mol. The van der Waals surface area contributed by atoms with Gasteiger partial charge in [0, 0.05) is 4.90 Å². The summed E-state index contributed by atoms with van der Waals surface area (Å²) in [6.07, 6.45) is -2.81. The molecule has 0 unspecified atom stereocenters. The molecule has 0 saturated heterocycles. The van der Waals surface area contributed by atoms with Crippen LogP contribution in [0.2, 0.25) is 0 Å². The number of hydrogen-bond acceptors (Lipinski definition) is 1. The van der Waals surface area contributed by atoms with E-state index in [1.807, 2.05) is 0 Å². The van der Waals surface area contributed by atoms with Gasteiger partial charge in [0.2, 0.25) is 0 Å². The van der Waals surface area contributed by atoms with Crippen LogP contribution in [0.25, 0.3) is 0 Å². The number of thioether (sulfide) groups is 1. The molecule has 2 rings (SSSR count). The van der Waals surface area contributed by atoms with Crippen molar-refractivity contribution in [2.45, 2.75) is 23.9 Å². The Morgan fingerprint density at radius 2 is 2.00 bits per heavy atom. The Morgan fingerprint density at radius 3 is 2.71 bits per heavy atom. The van der Waals surface area contributed by atoms with Crippen molar-refractivity contribution in [3.63, 3.8) is 0 Å². The molecule has 0 radical (unpaired) electrons. The Kier molecular flexibility index (Phi) is 2.47. The molecule has 0 fully saturated rings. The van der Waals surface area contributed by atoms with Gasteiger partial charge in [0.25, 0.3) is 0 Å². The molecule has 0 aromatic heterocycles. The topological polar surface area (TPSA) is 0 Å². The van der Waals surface area contributed by atoms with Crippen molar-refractivity contribution < 1.29 is 13.2 Å². The van der Waals surface area contributed by atoms with Gasteiger partial charge in [-0.2, -0.15) is 13.2 Å². The molecule has 0 aliphatic carbocycles. The highest BCUT2D eigenvalue weighted by atomic mass is 32.2. The van der Waals surface area contributed by atoms with Gasteiger partial charge in [0.15, 0.2) is 0 Å². The lowest BCUT2D eigenvalue weighted by molar-refractivity contribution is -0.138. The number of fused-ring (bicyclic) bond motifs is 1. The Bertz CT molecular complexity index is 344. The lowest BCUT2D eigenvalue weighted by Gasteiger charge is -2.19. The van der Waals surface area contributed by atoms with Gasteiger partial charge in [-0.3, -0.25) is 0 Å². The Balaban J connectivity index is 2.51. The van der Waals surface area contributed by atoms with Gasteiger partial charge in [-0.1, -0.05) is 6.07 Å². The van der Waals surface area contributed by atoms with Crippen molar-refractivity contribution in [1.29, 1.82) is 0 Å². The third kappa shape index (κ3) is 1.75. The van der Waals surface area contributed by atoms with Gasteiger partial charge in [-0.15, -0.1) is 11.8 Å². The van der Waals surface area contributed by atoms with E-state index in [4.69, 9.17) is 0 Å². The van der Waals surface area contributed by atoms with Gasteiger partial charge < -0.3 is 0 Å². The standard InChI is InChI=1S/C10H9F3S/c11-10(12,13)8-4-1-5-9-7(8)3-2-6-14-9/h1,4-5H,2-3,6H2. The highest BCUT2D eigenvalue weighted by Crippen LogP contribution is 2.39. The zero-order valence-electron chi connectivity index (χ0n) is 7.40. The lowest BCUT2D eigenvalue weighted by Crippen LogP contribution is -2.12. The van der Waals surface area contributed by atoms with E-state index in [0.717, 1.165) is 17.1 Å². The zero-order chi connectivity index (χ0) is 10.2. The van der Waals surface area contributed by atoms with Gasteiger partial charge in [0.05, 0.1) is 5.56 Å². The fraction of sp³-hybridized carbons (Fsp3) is 0.400. The smallest absolute Gasteiger partial charge is 0.166 e. The fourth-order valence-electron chi connectivity index (χ4n) is 1.66. The van der Waals surface area contributed by atoms with Crippen molar-refractivity contribution in [2.24, 2.45) is 0 Å². The maximum Gasteiger partial charge on any atom is 0.416 e. The van der Waals surface area contributed by atoms with Crippen LogP contribution in [0, 0.1) is 0 Å². The van der Waals surface area contributed by atoms with Crippen molar-refractivity contribution in [3.05, 3.63) is 29.3 Å². The van der Waals surface area contributed by atoms with E-state index >= 15 is 0 Å². The van der Waals surface area contributed by atoms with E-state index in [0.29, 0.717) is 12.0 Å². The molecule has 1 aromatic rings. The van der Waals surface area contributed by atoms with Crippen LogP contribution in [-0.4, -0.2) is 5.75 Å². The summed E-state index contributed by atoms with van der Waals surface area (Å²) in [4.78, 5) is 0.797. The van der Waals surface area contributed by atoms with Gasteiger partial charge >= 0.3 is 6.18 Å². The SMILES string of the molecule is FC(F)(F)c1cccc2c1CCCS2. The van der Waals surface area contributed by atoms with Crippen LogP contribution >= 0.6 is 11.8 Å². The number of halogens is 3. The molecule has 0 N–H and O–H groups in total. The Morgan fingerprint density at radius 1 is 1.21 bits per heavy atom. The largest absolute Gasteiger partial charge is 0.416 e. The summed E-state index contributed by atoms with van der Waals surface area (Å²) in [5.41, 5.74) is 0.0263. The van der Waals surface area contributed by atoms with E-state index in [1.165, 1.54) is 23.9 Å². The second-order valence-corrected chi connectivity index (χ2v) is 4.37. The minimum Gasteiger partial charge on any atom is -0.166 e. The monoisotopic (exact) mass is 218 g/mol. The number of benzene rings is 1. The molecular formula is C10H9F3S. The third-order valence-corrected chi connectivity index (χ3v) is 3.45. The van der Waals surface area contributed by atoms with E-state index in [-0.39, 0.29) is 0 Å². The first-order valence-electron chi connectivity index (χ1n) is 4.41. The van der Waals surface area contributed by atoms with Gasteiger partial charge in [-0.05, 0) is 36.3 Å². The van der Waals surface area contributed by atoms with Crippen molar-refractivity contribution in [2.75, 3.05) is 5.75 Å². The fourth-order valence-corrected chi connectivity index (χ4v) is 2.73. The zero-order valence-corrected chi connectivity index (χ0v) is 8.21. The third-order valence-electron chi connectivity index (χ3n) is 2.27. The predicted octanol–water partition coefficient (Wildman–Crippen LogP) is 3.74. The van der Waals surface area contributed by atoms with E-state index in [9.17, 15) is 13.2 Å². The Hall–Kier alpha value is -0.640. The molecule has 0 atom stereocenters. The highest BCUT2D eigenvalue weighted by Gasteiger charge is 2.34. The van der Waals surface area contributed by atoms with Crippen molar-refractivity contribution in [1.82, 2.24) is 0 Å². The first kappa shape index (κ1) is 9.90. The molecule has 0 saturated carbocycles. The molecule has 0 spiro atoms. The van der Waals surface area contributed by atoms with Gasteiger partial charge in [-0.25, -0.2) is 0 Å². The van der Waals surface area contributed by atoms with Crippen molar-refractivity contribution >= 4 is 11.8 Å². The average molecular weight is 218 g/mol. The second-order valence-electron chi connectivity index (χ2n) is 3.23. The van der Waals surface area contributed by atoms with Crippen LogP contribution in [0.15, 0.2) is 23.1 Å². The molecule has 0 amide bonds. The van der Waals surface area contributed by atoms with Crippen LogP contribution in [0.4, 0.5) is 13.2 Å². The average Bonchev–Trinajstić information content (AvgIpc) is 2.15. The molecule has 4 heteroatoms. The number of alkyl halides is 3. The molecule has 0 bridgehead atoms.